The summed E-state index contributed by atoms with van der Waals surface area (Å²) in [5.74, 6) is -0.758. The van der Waals surface area contributed by atoms with E-state index in [1.165, 1.54) is 19.2 Å². The number of aromatic hydroxyl groups is 1. The van der Waals surface area contributed by atoms with Crippen LogP contribution in [0.25, 0.3) is 0 Å². The van der Waals surface area contributed by atoms with Crippen LogP contribution in [0.1, 0.15) is 16.1 Å². The Balaban J connectivity index is 2.10. The van der Waals surface area contributed by atoms with Crippen LogP contribution in [0.3, 0.4) is 0 Å². The second-order valence-corrected chi connectivity index (χ2v) is 5.00. The molecule has 0 fully saturated rings. The van der Waals surface area contributed by atoms with Crippen molar-refractivity contribution in [3.05, 3.63) is 51.8 Å². The van der Waals surface area contributed by atoms with Gasteiger partial charge in [0.2, 0.25) is 0 Å². The molecule has 2 N–H and O–H groups in total. The van der Waals surface area contributed by atoms with Gasteiger partial charge in [-0.1, -0.05) is 23.2 Å². The molecule has 1 aromatic heterocycles. The van der Waals surface area contributed by atoms with Crippen LogP contribution < -0.4 is 5.32 Å². The molecule has 1 heterocycles. The quantitative estimate of drug-likeness (QED) is 0.664. The molecule has 2 aromatic rings. The number of hydrogen-bond acceptors (Lipinski definition) is 5. The summed E-state index contributed by atoms with van der Waals surface area (Å²) in [4.78, 5) is 15.5. The number of nitrogens with zero attached hydrogens (tertiary/aromatic N) is 1. The van der Waals surface area contributed by atoms with Crippen LogP contribution in [0.4, 0.5) is 5.69 Å². The molecule has 0 unspecified atom stereocenters. The highest BCUT2D eigenvalue weighted by molar-refractivity contribution is 6.33. The zero-order valence-electron chi connectivity index (χ0n) is 11.1. The maximum atomic E-state index is 11.4. The minimum atomic E-state index is -0.595. The highest BCUT2D eigenvalue weighted by Gasteiger charge is 2.11. The van der Waals surface area contributed by atoms with Crippen molar-refractivity contribution >= 4 is 34.9 Å². The monoisotopic (exact) mass is 326 g/mol. The average Bonchev–Trinajstić information content (AvgIpc) is 2.43. The SMILES string of the molecule is COC(=O)c1ccc(NCc2cc(Cl)cc(Cl)n2)cc1O. The number of pyridine rings is 1. The number of hydrogen-bond donors (Lipinski definition) is 2. The number of nitrogens with one attached hydrogen (secondary N) is 1. The van der Waals surface area contributed by atoms with Crippen LogP contribution in [0.15, 0.2) is 30.3 Å². The van der Waals surface area contributed by atoms with E-state index in [1.807, 2.05) is 0 Å². The largest absolute Gasteiger partial charge is 0.507 e. The molecule has 0 aliphatic heterocycles. The number of phenolic OH excluding ortho intramolecular Hbond substituents is 1. The third-order valence-corrected chi connectivity index (χ3v) is 3.10. The first-order valence-electron chi connectivity index (χ1n) is 5.97. The standard InChI is InChI=1S/C14H12Cl2N2O3/c1-21-14(20)11-3-2-9(6-12(11)19)17-7-10-4-8(15)5-13(16)18-10/h2-6,17,19H,7H2,1H3. The number of rotatable bonds is 4. The second kappa shape index (κ2) is 6.65. The first-order chi connectivity index (χ1) is 9.99. The molecule has 0 aliphatic carbocycles. The van der Waals surface area contributed by atoms with Gasteiger partial charge in [0.05, 0.1) is 19.3 Å². The summed E-state index contributed by atoms with van der Waals surface area (Å²) in [7, 11) is 1.25. The van der Waals surface area contributed by atoms with Crippen molar-refractivity contribution in [1.29, 1.82) is 0 Å². The normalized spacial score (nSPS) is 10.2. The molecular weight excluding hydrogens is 315 g/mol. The van der Waals surface area contributed by atoms with Crippen LogP contribution in [-0.4, -0.2) is 23.2 Å². The Morgan fingerprint density at radius 2 is 2.10 bits per heavy atom. The molecule has 0 atom stereocenters. The van der Waals surface area contributed by atoms with Gasteiger partial charge in [-0.05, 0) is 24.3 Å². The number of esters is 1. The third-order valence-electron chi connectivity index (χ3n) is 2.69. The summed E-state index contributed by atoms with van der Waals surface area (Å²) in [6, 6.07) is 7.78. The van der Waals surface area contributed by atoms with Gasteiger partial charge < -0.3 is 15.2 Å². The van der Waals surface area contributed by atoms with Gasteiger partial charge in [-0.25, -0.2) is 9.78 Å². The van der Waals surface area contributed by atoms with E-state index in [0.717, 1.165) is 0 Å². The Labute approximate surface area is 131 Å². The summed E-state index contributed by atoms with van der Waals surface area (Å²) >= 11 is 11.7. The first-order valence-corrected chi connectivity index (χ1v) is 6.72. The van der Waals surface area contributed by atoms with Gasteiger partial charge in [-0.3, -0.25) is 0 Å². The predicted molar refractivity (Wildman–Crippen MR) is 81.0 cm³/mol. The maximum absolute atomic E-state index is 11.4. The second-order valence-electron chi connectivity index (χ2n) is 4.18. The van der Waals surface area contributed by atoms with Crippen molar-refractivity contribution in [2.75, 3.05) is 12.4 Å². The molecule has 0 amide bonds. The Bertz CT molecular complexity index is 657. The van der Waals surface area contributed by atoms with E-state index in [-0.39, 0.29) is 11.3 Å². The minimum Gasteiger partial charge on any atom is -0.507 e. The molecule has 0 spiro atoms. The van der Waals surface area contributed by atoms with Crippen molar-refractivity contribution in [2.24, 2.45) is 0 Å². The van der Waals surface area contributed by atoms with E-state index < -0.39 is 5.97 Å². The lowest BCUT2D eigenvalue weighted by molar-refractivity contribution is 0.0597. The average molecular weight is 327 g/mol. The number of methoxy groups -OCH3 is 1. The Morgan fingerprint density at radius 1 is 1.33 bits per heavy atom. The summed E-state index contributed by atoms with van der Waals surface area (Å²) in [5, 5.41) is 13.6. The summed E-state index contributed by atoms with van der Waals surface area (Å²) < 4.78 is 4.55. The molecule has 0 aliphatic rings. The molecule has 7 heteroatoms. The van der Waals surface area contributed by atoms with Crippen LogP contribution in [0, 0.1) is 0 Å². The van der Waals surface area contributed by atoms with Gasteiger partial charge in [-0.2, -0.15) is 0 Å². The van der Waals surface area contributed by atoms with Crippen molar-refractivity contribution < 1.29 is 14.6 Å². The number of carbonyl (C=O) groups excluding carboxylic acids is 1. The fourth-order valence-corrected chi connectivity index (χ4v) is 2.23. The lowest BCUT2D eigenvalue weighted by atomic mass is 10.2. The number of aromatic nitrogens is 1. The van der Waals surface area contributed by atoms with Crippen LogP contribution in [-0.2, 0) is 11.3 Å². The maximum Gasteiger partial charge on any atom is 0.341 e. The highest BCUT2D eigenvalue weighted by atomic mass is 35.5. The zero-order chi connectivity index (χ0) is 15.4. The lowest BCUT2D eigenvalue weighted by Gasteiger charge is -2.09. The van der Waals surface area contributed by atoms with Gasteiger partial charge in [0.1, 0.15) is 16.5 Å². The van der Waals surface area contributed by atoms with Crippen LogP contribution >= 0.6 is 23.2 Å². The molecule has 0 saturated heterocycles. The molecule has 110 valence electrons. The van der Waals surface area contributed by atoms with Crippen molar-refractivity contribution in [1.82, 2.24) is 4.98 Å². The van der Waals surface area contributed by atoms with Crippen molar-refractivity contribution in [2.45, 2.75) is 6.54 Å². The highest BCUT2D eigenvalue weighted by Crippen LogP contribution is 2.23. The molecule has 1 aromatic carbocycles. The van der Waals surface area contributed by atoms with Gasteiger partial charge in [0, 0.05) is 16.8 Å². The summed E-state index contributed by atoms with van der Waals surface area (Å²) in [5.41, 5.74) is 1.38. The van der Waals surface area contributed by atoms with E-state index >= 15 is 0 Å². The fraction of sp³-hybridized carbons (Fsp3) is 0.143. The fourth-order valence-electron chi connectivity index (χ4n) is 1.72. The topological polar surface area (TPSA) is 71.5 Å². The molecule has 0 bridgehead atoms. The molecular formula is C14H12Cl2N2O3. The molecule has 21 heavy (non-hydrogen) atoms. The number of halogens is 2. The van der Waals surface area contributed by atoms with Gasteiger partial charge in [-0.15, -0.1) is 0 Å². The predicted octanol–water partition coefficient (Wildman–Crippen LogP) is 3.49. The van der Waals surface area contributed by atoms with Crippen molar-refractivity contribution in [3.8, 4) is 5.75 Å². The Kier molecular flexibility index (Phi) is 4.88. The molecule has 2 rings (SSSR count). The van der Waals surface area contributed by atoms with E-state index in [1.54, 1.807) is 18.2 Å². The number of ether oxygens (including phenoxy) is 1. The summed E-state index contributed by atoms with van der Waals surface area (Å²) in [6.07, 6.45) is 0. The van der Waals surface area contributed by atoms with Gasteiger partial charge in [0.15, 0.2) is 0 Å². The molecule has 0 saturated carbocycles. The minimum absolute atomic E-state index is 0.104. The number of phenols is 1. The molecule has 0 radical (unpaired) electrons. The zero-order valence-corrected chi connectivity index (χ0v) is 12.6. The molecule has 5 nitrogen and oxygen atoms in total. The Hall–Kier alpha value is -1.98. The lowest BCUT2D eigenvalue weighted by Crippen LogP contribution is -2.04. The van der Waals surface area contributed by atoms with E-state index in [9.17, 15) is 9.90 Å². The smallest absolute Gasteiger partial charge is 0.341 e. The van der Waals surface area contributed by atoms with E-state index in [0.29, 0.717) is 28.1 Å². The first kappa shape index (κ1) is 15.4. The summed E-state index contributed by atoms with van der Waals surface area (Å²) in [6.45, 7) is 0.372. The van der Waals surface area contributed by atoms with Gasteiger partial charge >= 0.3 is 5.97 Å². The Morgan fingerprint density at radius 3 is 2.71 bits per heavy atom. The number of anilines is 1. The van der Waals surface area contributed by atoms with Crippen molar-refractivity contribution in [3.63, 3.8) is 0 Å². The van der Waals surface area contributed by atoms with Crippen LogP contribution in [0.5, 0.6) is 5.75 Å². The van der Waals surface area contributed by atoms with E-state index in [4.69, 9.17) is 23.2 Å². The van der Waals surface area contributed by atoms with E-state index in [2.05, 4.69) is 15.0 Å². The van der Waals surface area contributed by atoms with Crippen LogP contribution in [0.2, 0.25) is 10.2 Å². The number of carbonyl (C=O) groups is 1. The van der Waals surface area contributed by atoms with Gasteiger partial charge in [0.25, 0.3) is 0 Å². The number of benzene rings is 1. The third kappa shape index (κ3) is 4.00.